The van der Waals surface area contributed by atoms with E-state index in [4.69, 9.17) is 0 Å². The lowest BCUT2D eigenvalue weighted by molar-refractivity contribution is -0.140. The van der Waals surface area contributed by atoms with E-state index in [0.29, 0.717) is 5.69 Å². The fraction of sp³-hybridized carbons (Fsp3) is 0.393. The van der Waals surface area contributed by atoms with E-state index in [2.05, 4.69) is 15.6 Å². The Labute approximate surface area is 204 Å². The van der Waals surface area contributed by atoms with Crippen molar-refractivity contribution in [2.24, 2.45) is 23.2 Å². The van der Waals surface area contributed by atoms with Crippen LogP contribution in [0.15, 0.2) is 65.7 Å². The molecule has 5 nitrogen and oxygen atoms in total. The molecular weight excluding hydrogens is 442 g/mol. The zero-order chi connectivity index (χ0) is 23.1. The van der Waals surface area contributed by atoms with Gasteiger partial charge in [-0.3, -0.25) is 9.59 Å². The molecule has 34 heavy (non-hydrogen) atoms. The van der Waals surface area contributed by atoms with Gasteiger partial charge in [-0.05, 0) is 86.6 Å². The number of hydrogen-bond donors (Lipinski definition) is 2. The number of para-hydroxylation sites is 1. The maximum absolute atomic E-state index is 13.3. The molecule has 2 aromatic carbocycles. The summed E-state index contributed by atoms with van der Waals surface area (Å²) in [5, 5.41) is 8.05. The predicted molar refractivity (Wildman–Crippen MR) is 137 cm³/mol. The fourth-order valence-corrected chi connectivity index (χ4v) is 7.47. The Bertz CT molecular complexity index is 1220. The summed E-state index contributed by atoms with van der Waals surface area (Å²) >= 11 is 1.42. The molecule has 4 aliphatic carbocycles. The zero-order valence-corrected chi connectivity index (χ0v) is 19.9. The van der Waals surface area contributed by atoms with E-state index in [9.17, 15) is 9.59 Å². The number of nitrogens with zero attached hydrogens (tertiary/aromatic N) is 1. The molecule has 2 N–H and O–H groups in total. The molecule has 3 aromatic rings. The third-order valence-electron chi connectivity index (χ3n) is 7.85. The van der Waals surface area contributed by atoms with Crippen LogP contribution in [0.1, 0.15) is 38.5 Å². The number of carbonyl (C=O) groups excluding carboxylic acids is 2. The molecule has 0 aliphatic heterocycles. The van der Waals surface area contributed by atoms with Gasteiger partial charge < -0.3 is 10.6 Å². The van der Waals surface area contributed by atoms with Gasteiger partial charge in [0.15, 0.2) is 0 Å². The second kappa shape index (κ2) is 8.73. The van der Waals surface area contributed by atoms with Crippen LogP contribution in [0.5, 0.6) is 0 Å². The van der Waals surface area contributed by atoms with Crippen molar-refractivity contribution in [2.75, 3.05) is 16.4 Å². The van der Waals surface area contributed by atoms with Crippen molar-refractivity contribution >= 4 is 45.9 Å². The van der Waals surface area contributed by atoms with E-state index >= 15 is 0 Å². The molecular formula is C28H29N3O2S. The van der Waals surface area contributed by atoms with Crippen molar-refractivity contribution < 1.29 is 9.59 Å². The monoisotopic (exact) mass is 471 g/mol. The van der Waals surface area contributed by atoms with Crippen molar-refractivity contribution in [1.82, 2.24) is 4.98 Å². The molecule has 4 aliphatic rings. The van der Waals surface area contributed by atoms with Gasteiger partial charge in [0.25, 0.3) is 0 Å². The Morgan fingerprint density at radius 2 is 1.53 bits per heavy atom. The van der Waals surface area contributed by atoms with Gasteiger partial charge in [-0.25, -0.2) is 4.98 Å². The molecule has 4 fully saturated rings. The highest BCUT2D eigenvalue weighted by Crippen LogP contribution is 2.60. The molecule has 4 saturated carbocycles. The number of hydrogen-bond acceptors (Lipinski definition) is 4. The first-order chi connectivity index (χ1) is 16.5. The van der Waals surface area contributed by atoms with Crippen molar-refractivity contribution in [3.63, 3.8) is 0 Å². The molecule has 0 unspecified atom stereocenters. The SMILES string of the molecule is O=C(CSc1ccc2ccccc2n1)Nc1cccc(NC(=O)C23CC4CC(CC(C4)C2)C3)c1. The Kier molecular flexibility index (Phi) is 5.56. The number of aromatic nitrogens is 1. The number of fused-ring (bicyclic) bond motifs is 1. The first-order valence-corrected chi connectivity index (χ1v) is 13.2. The molecule has 6 heteroatoms. The molecule has 0 spiro atoms. The van der Waals surface area contributed by atoms with E-state index in [-0.39, 0.29) is 23.0 Å². The largest absolute Gasteiger partial charge is 0.326 e. The number of carbonyl (C=O) groups is 2. The van der Waals surface area contributed by atoms with E-state index in [1.54, 1.807) is 0 Å². The summed E-state index contributed by atoms with van der Waals surface area (Å²) in [6.45, 7) is 0. The van der Waals surface area contributed by atoms with Gasteiger partial charge in [-0.2, -0.15) is 0 Å². The van der Waals surface area contributed by atoms with Crippen LogP contribution in [0.3, 0.4) is 0 Å². The Balaban J connectivity index is 1.07. The number of thioether (sulfide) groups is 1. The van der Waals surface area contributed by atoms with Gasteiger partial charge in [0.05, 0.1) is 21.7 Å². The third kappa shape index (κ3) is 4.31. The first-order valence-electron chi connectivity index (χ1n) is 12.2. The minimum Gasteiger partial charge on any atom is -0.326 e. The number of pyridine rings is 1. The highest BCUT2D eigenvalue weighted by molar-refractivity contribution is 7.99. The van der Waals surface area contributed by atoms with Crippen LogP contribution in [-0.4, -0.2) is 22.6 Å². The van der Waals surface area contributed by atoms with Gasteiger partial charge in [-0.15, -0.1) is 0 Å². The van der Waals surface area contributed by atoms with Crippen molar-refractivity contribution in [2.45, 2.75) is 43.6 Å². The fourth-order valence-electron chi connectivity index (χ4n) is 6.79. The van der Waals surface area contributed by atoms with Gasteiger partial charge in [0, 0.05) is 16.8 Å². The number of rotatable bonds is 6. The number of amides is 2. The summed E-state index contributed by atoms with van der Waals surface area (Å²) in [5.74, 6) is 2.55. The Morgan fingerprint density at radius 3 is 2.26 bits per heavy atom. The van der Waals surface area contributed by atoms with Crippen molar-refractivity contribution in [3.8, 4) is 0 Å². The average Bonchev–Trinajstić information content (AvgIpc) is 2.82. The zero-order valence-electron chi connectivity index (χ0n) is 19.1. The lowest BCUT2D eigenvalue weighted by Gasteiger charge is -2.55. The summed E-state index contributed by atoms with van der Waals surface area (Å²) < 4.78 is 0. The van der Waals surface area contributed by atoms with Crippen LogP contribution >= 0.6 is 11.8 Å². The van der Waals surface area contributed by atoms with Crippen LogP contribution in [-0.2, 0) is 9.59 Å². The minimum atomic E-state index is -0.183. The van der Waals surface area contributed by atoms with Crippen molar-refractivity contribution in [1.29, 1.82) is 0 Å². The number of nitrogens with one attached hydrogen (secondary N) is 2. The molecule has 2 amide bonds. The van der Waals surface area contributed by atoms with E-state index in [0.717, 1.165) is 58.6 Å². The maximum Gasteiger partial charge on any atom is 0.234 e. The van der Waals surface area contributed by atoms with E-state index < -0.39 is 0 Å². The van der Waals surface area contributed by atoms with Crippen LogP contribution < -0.4 is 10.6 Å². The topological polar surface area (TPSA) is 71.1 Å². The highest BCUT2D eigenvalue weighted by Gasteiger charge is 2.54. The van der Waals surface area contributed by atoms with E-state index in [1.807, 2.05) is 60.7 Å². The van der Waals surface area contributed by atoms with E-state index in [1.165, 1.54) is 31.0 Å². The summed E-state index contributed by atoms with van der Waals surface area (Å²) in [6, 6.07) is 19.4. The predicted octanol–water partition coefficient (Wildman–Crippen LogP) is 6.12. The lowest BCUT2D eigenvalue weighted by Crippen LogP contribution is -2.51. The smallest absolute Gasteiger partial charge is 0.234 e. The standard InChI is InChI=1S/C28H29N3O2S/c32-25(17-34-26-9-8-21-4-1-2-7-24(21)31-26)29-22-5-3-6-23(13-22)30-27(33)28-14-18-10-19(15-28)12-20(11-18)16-28/h1-9,13,18-20H,10-12,14-17H2,(H,29,32)(H,30,33). The van der Waals surface area contributed by atoms with Crippen LogP contribution in [0.25, 0.3) is 10.9 Å². The molecule has 0 saturated heterocycles. The summed E-state index contributed by atoms with van der Waals surface area (Å²) in [5.41, 5.74) is 2.19. The number of anilines is 2. The lowest BCUT2D eigenvalue weighted by atomic mass is 9.49. The molecule has 1 heterocycles. The first kappa shape index (κ1) is 21.7. The average molecular weight is 472 g/mol. The molecule has 0 radical (unpaired) electrons. The summed E-state index contributed by atoms with van der Waals surface area (Å²) in [6.07, 6.45) is 7.09. The van der Waals surface area contributed by atoms with Gasteiger partial charge in [0.1, 0.15) is 0 Å². The maximum atomic E-state index is 13.3. The second-order valence-electron chi connectivity index (χ2n) is 10.4. The normalized spacial score (nSPS) is 27.0. The second-order valence-corrected chi connectivity index (χ2v) is 11.4. The Morgan fingerprint density at radius 1 is 0.853 bits per heavy atom. The quantitative estimate of drug-likeness (QED) is 0.425. The molecule has 174 valence electrons. The summed E-state index contributed by atoms with van der Waals surface area (Å²) in [7, 11) is 0. The van der Waals surface area contributed by atoms with Gasteiger partial charge >= 0.3 is 0 Å². The van der Waals surface area contributed by atoms with Gasteiger partial charge in [0.2, 0.25) is 11.8 Å². The molecule has 7 rings (SSSR count). The molecule has 1 aromatic heterocycles. The summed E-state index contributed by atoms with van der Waals surface area (Å²) in [4.78, 5) is 30.5. The van der Waals surface area contributed by atoms with Crippen LogP contribution in [0.4, 0.5) is 11.4 Å². The van der Waals surface area contributed by atoms with Crippen LogP contribution in [0, 0.1) is 23.2 Å². The Hall–Kier alpha value is -2.86. The third-order valence-corrected chi connectivity index (χ3v) is 8.78. The molecule has 0 atom stereocenters. The molecule has 4 bridgehead atoms. The van der Waals surface area contributed by atoms with Crippen molar-refractivity contribution in [3.05, 3.63) is 60.7 Å². The minimum absolute atomic E-state index is 0.0930. The van der Waals surface area contributed by atoms with Crippen LogP contribution in [0.2, 0.25) is 0 Å². The highest BCUT2D eigenvalue weighted by atomic mass is 32.2. The number of benzene rings is 2. The van der Waals surface area contributed by atoms with Gasteiger partial charge in [-0.1, -0.05) is 42.1 Å².